The van der Waals surface area contributed by atoms with Crippen LogP contribution in [0.4, 0.5) is 0 Å². The van der Waals surface area contributed by atoms with Crippen LogP contribution in [0.2, 0.25) is 0 Å². The van der Waals surface area contributed by atoms with Crippen LogP contribution in [0.15, 0.2) is 0 Å². The lowest BCUT2D eigenvalue weighted by atomic mass is 10.0. The van der Waals surface area contributed by atoms with Crippen molar-refractivity contribution in [3.8, 4) is 0 Å². The molecule has 0 heterocycles. The van der Waals surface area contributed by atoms with E-state index in [1.807, 2.05) is 0 Å². The lowest BCUT2D eigenvalue weighted by Crippen LogP contribution is -2.62. The van der Waals surface area contributed by atoms with Crippen LogP contribution in [0.5, 0.6) is 0 Å². The second-order valence-electron chi connectivity index (χ2n) is 11.0. The van der Waals surface area contributed by atoms with Gasteiger partial charge >= 0.3 is 17.9 Å². The maximum absolute atomic E-state index is 13.8. The number of hydrogen-bond acceptors (Lipinski definition) is 9. The Morgan fingerprint density at radius 3 is 1.76 bits per heavy atom. The highest BCUT2D eigenvalue weighted by Gasteiger charge is 2.41. The summed E-state index contributed by atoms with van der Waals surface area (Å²) < 4.78 is 0. The minimum atomic E-state index is -1.77. The molecule has 0 bridgehead atoms. The van der Waals surface area contributed by atoms with E-state index in [0.717, 1.165) is 44.4 Å². The van der Waals surface area contributed by atoms with Crippen LogP contribution in [-0.2, 0) is 33.6 Å². The Hall–Kier alpha value is -3.40. The molecule has 0 spiro atoms. The number of carbonyl (C=O) groups excluding carboxylic acids is 4. The first-order chi connectivity index (χ1) is 21.1. The average Bonchev–Trinajstić information content (AvgIpc) is 2.95. The van der Waals surface area contributed by atoms with E-state index >= 15 is 0 Å². The summed E-state index contributed by atoms with van der Waals surface area (Å²) in [6.45, 7) is 4.64. The van der Waals surface area contributed by atoms with Crippen LogP contribution in [0.1, 0.15) is 97.8 Å². The molecule has 258 valence electrons. The number of nitrogens with two attached hydrogens (primary N) is 2. The summed E-state index contributed by atoms with van der Waals surface area (Å²) in [5, 5.41) is 33.2. The van der Waals surface area contributed by atoms with Crippen molar-refractivity contribution in [2.24, 2.45) is 11.5 Å². The van der Waals surface area contributed by atoms with Crippen molar-refractivity contribution >= 4 is 53.3 Å². The Morgan fingerprint density at radius 2 is 1.27 bits per heavy atom. The van der Waals surface area contributed by atoms with Crippen molar-refractivity contribution < 1.29 is 48.9 Å². The molecule has 0 aromatic rings. The minimum Gasteiger partial charge on any atom is -0.480 e. The molecule has 9 N–H and O–H groups in total. The lowest BCUT2D eigenvalue weighted by Gasteiger charge is -2.37. The standard InChI is InChI=1S/C29H51N5O10S/c1-4-5-6-7-8-9-10-11-12-13-24(36)32-18(2)26(38)34(21(29(43)44)14-15-23(31)35)22(17-45-16-20(30)28(41)42)25(37)33-19(3)27(39)40/h18-22H,4-17,30H2,1-3H3,(H2,31,35)(H,32,36)(H,33,37)(H,39,40)(H,41,42)(H,43,44)/t18-,19+,20-,21+,22+/m0/s1. The molecule has 0 rings (SSSR count). The van der Waals surface area contributed by atoms with Crippen LogP contribution in [0, 0.1) is 0 Å². The number of primary amides is 1. The normalized spacial score (nSPS) is 14.3. The predicted molar refractivity (Wildman–Crippen MR) is 168 cm³/mol. The largest absolute Gasteiger partial charge is 0.480 e. The lowest BCUT2D eigenvalue weighted by molar-refractivity contribution is -0.156. The highest BCUT2D eigenvalue weighted by atomic mass is 32.2. The number of carbonyl (C=O) groups is 7. The molecule has 0 aromatic carbocycles. The Balaban J connectivity index is 5.91. The highest BCUT2D eigenvalue weighted by Crippen LogP contribution is 2.20. The summed E-state index contributed by atoms with van der Waals surface area (Å²) in [4.78, 5) is 86.9. The van der Waals surface area contributed by atoms with Gasteiger partial charge in [-0.25, -0.2) is 4.79 Å². The Kier molecular flexibility index (Phi) is 21.3. The molecule has 45 heavy (non-hydrogen) atoms. The third-order valence-corrected chi connectivity index (χ3v) is 8.20. The number of thioether (sulfide) groups is 1. The van der Waals surface area contributed by atoms with Gasteiger partial charge in [0.15, 0.2) is 0 Å². The summed E-state index contributed by atoms with van der Waals surface area (Å²) in [5.74, 6) is -8.22. The highest BCUT2D eigenvalue weighted by molar-refractivity contribution is 7.99. The summed E-state index contributed by atoms with van der Waals surface area (Å²) in [6.07, 6.45) is 8.55. The zero-order valence-electron chi connectivity index (χ0n) is 26.5. The van der Waals surface area contributed by atoms with E-state index in [1.54, 1.807) is 0 Å². The molecule has 0 saturated heterocycles. The summed E-state index contributed by atoms with van der Waals surface area (Å²) in [7, 11) is 0. The number of nitrogens with one attached hydrogen (secondary N) is 2. The summed E-state index contributed by atoms with van der Waals surface area (Å²) in [6, 6.07) is -7.48. The zero-order valence-corrected chi connectivity index (χ0v) is 27.3. The van der Waals surface area contributed by atoms with E-state index in [0.29, 0.717) is 11.3 Å². The van der Waals surface area contributed by atoms with Crippen molar-refractivity contribution in [3.63, 3.8) is 0 Å². The molecule has 0 aromatic heterocycles. The Labute approximate surface area is 268 Å². The van der Waals surface area contributed by atoms with E-state index in [2.05, 4.69) is 17.6 Å². The van der Waals surface area contributed by atoms with E-state index in [9.17, 15) is 43.8 Å². The van der Waals surface area contributed by atoms with Crippen molar-refractivity contribution in [1.29, 1.82) is 0 Å². The van der Waals surface area contributed by atoms with Gasteiger partial charge < -0.3 is 42.3 Å². The molecule has 4 amide bonds. The fraction of sp³-hybridized carbons (Fsp3) is 0.759. The predicted octanol–water partition coefficient (Wildman–Crippen LogP) is 1.06. The van der Waals surface area contributed by atoms with E-state index < -0.39 is 84.6 Å². The van der Waals surface area contributed by atoms with Gasteiger partial charge in [-0.2, -0.15) is 11.8 Å². The number of rotatable bonds is 26. The number of carboxylic acid groups (broad SMARTS) is 3. The van der Waals surface area contributed by atoms with Crippen molar-refractivity contribution in [3.05, 3.63) is 0 Å². The maximum Gasteiger partial charge on any atom is 0.326 e. The smallest absolute Gasteiger partial charge is 0.326 e. The molecule has 0 aliphatic rings. The number of amides is 4. The fourth-order valence-corrected chi connectivity index (χ4v) is 5.48. The molecular formula is C29H51N5O10S. The molecule has 0 saturated carbocycles. The molecule has 0 unspecified atom stereocenters. The minimum absolute atomic E-state index is 0.125. The molecule has 16 heteroatoms. The molecule has 0 radical (unpaired) electrons. The number of nitrogens with zero attached hydrogens (tertiary/aromatic N) is 1. The quantitative estimate of drug-likeness (QED) is 0.0642. The van der Waals surface area contributed by atoms with Crippen LogP contribution in [0.25, 0.3) is 0 Å². The fourth-order valence-electron chi connectivity index (χ4n) is 4.41. The van der Waals surface area contributed by atoms with Crippen LogP contribution < -0.4 is 22.1 Å². The van der Waals surface area contributed by atoms with Gasteiger partial charge in [-0.3, -0.25) is 28.8 Å². The zero-order chi connectivity index (χ0) is 34.5. The number of carboxylic acids is 3. The van der Waals surface area contributed by atoms with Gasteiger partial charge in [0, 0.05) is 24.3 Å². The first-order valence-electron chi connectivity index (χ1n) is 15.4. The second kappa shape index (κ2) is 23.0. The third-order valence-electron chi connectivity index (χ3n) is 7.05. The van der Waals surface area contributed by atoms with Crippen molar-refractivity contribution in [1.82, 2.24) is 15.5 Å². The molecule has 0 fully saturated rings. The van der Waals surface area contributed by atoms with Gasteiger partial charge in [-0.15, -0.1) is 0 Å². The van der Waals surface area contributed by atoms with Gasteiger partial charge in [0.2, 0.25) is 23.6 Å². The first-order valence-corrected chi connectivity index (χ1v) is 16.5. The Morgan fingerprint density at radius 1 is 0.711 bits per heavy atom. The molecular weight excluding hydrogens is 610 g/mol. The van der Waals surface area contributed by atoms with Crippen LogP contribution in [-0.4, -0.2) is 103 Å². The average molecular weight is 662 g/mol. The number of unbranched alkanes of at least 4 members (excludes halogenated alkanes) is 8. The van der Waals surface area contributed by atoms with Crippen LogP contribution >= 0.6 is 11.8 Å². The first kappa shape index (κ1) is 41.6. The molecule has 0 aliphatic carbocycles. The molecule has 0 aliphatic heterocycles. The Bertz CT molecular complexity index is 999. The van der Waals surface area contributed by atoms with Crippen molar-refractivity contribution in [2.75, 3.05) is 11.5 Å². The number of aliphatic carboxylic acids is 3. The third kappa shape index (κ3) is 17.6. The van der Waals surface area contributed by atoms with E-state index in [4.69, 9.17) is 16.6 Å². The van der Waals surface area contributed by atoms with Gasteiger partial charge in [0.25, 0.3) is 0 Å². The van der Waals surface area contributed by atoms with Gasteiger partial charge in [0.05, 0.1) is 0 Å². The van der Waals surface area contributed by atoms with E-state index in [-0.39, 0.29) is 17.9 Å². The maximum atomic E-state index is 13.8. The van der Waals surface area contributed by atoms with Gasteiger partial charge in [-0.1, -0.05) is 58.3 Å². The number of hydrogen-bond donors (Lipinski definition) is 7. The SMILES string of the molecule is CCCCCCCCCCCC(=O)N[C@@H](C)C(=O)N([C@H](CCC(N)=O)C(=O)O)[C@H](CSC[C@H](N)C(=O)O)C(=O)N[C@H](C)C(=O)O. The van der Waals surface area contributed by atoms with Gasteiger partial charge in [-0.05, 0) is 26.7 Å². The molecule has 5 atom stereocenters. The van der Waals surface area contributed by atoms with E-state index in [1.165, 1.54) is 32.6 Å². The molecule has 15 nitrogen and oxygen atoms in total. The topological polar surface area (TPSA) is 260 Å². The summed E-state index contributed by atoms with van der Waals surface area (Å²) >= 11 is 0.829. The summed E-state index contributed by atoms with van der Waals surface area (Å²) in [5.41, 5.74) is 10.8. The second-order valence-corrected chi connectivity index (χ2v) is 12.1. The van der Waals surface area contributed by atoms with Crippen LogP contribution in [0.3, 0.4) is 0 Å². The van der Waals surface area contributed by atoms with Crippen molar-refractivity contribution in [2.45, 2.75) is 128 Å². The monoisotopic (exact) mass is 661 g/mol. The van der Waals surface area contributed by atoms with Gasteiger partial charge in [0.1, 0.15) is 30.2 Å².